The average molecular weight is 263 g/mol. The van der Waals surface area contributed by atoms with Crippen LogP contribution in [-0.2, 0) is 11.3 Å². The van der Waals surface area contributed by atoms with Gasteiger partial charge in [-0.25, -0.2) is 0 Å². The second-order valence-electron chi connectivity index (χ2n) is 4.89. The number of aryl methyl sites for hydroxylation is 1. The van der Waals surface area contributed by atoms with E-state index in [9.17, 15) is 9.59 Å². The molecule has 0 radical (unpaired) electrons. The van der Waals surface area contributed by atoms with E-state index in [4.69, 9.17) is 0 Å². The largest absolute Gasteiger partial charge is 0.323 e. The number of pyridine rings is 1. The summed E-state index contributed by atoms with van der Waals surface area (Å²) < 4.78 is 1.58. The summed E-state index contributed by atoms with van der Waals surface area (Å²) in [6.45, 7) is 3.40. The molecule has 0 saturated carbocycles. The fourth-order valence-corrected chi connectivity index (χ4v) is 2.33. The van der Waals surface area contributed by atoms with E-state index in [0.29, 0.717) is 12.2 Å². The van der Waals surface area contributed by atoms with Gasteiger partial charge in [0.2, 0.25) is 5.91 Å². The molecule has 1 aliphatic rings. The summed E-state index contributed by atoms with van der Waals surface area (Å²) in [7, 11) is 0. The van der Waals surface area contributed by atoms with Gasteiger partial charge in [0.05, 0.1) is 11.7 Å². The first kappa shape index (κ1) is 13.8. The van der Waals surface area contributed by atoms with Crippen LogP contribution < -0.4 is 16.2 Å². The Kier molecular flexibility index (Phi) is 4.74. The van der Waals surface area contributed by atoms with Gasteiger partial charge in [0.15, 0.2) is 0 Å². The summed E-state index contributed by atoms with van der Waals surface area (Å²) in [5, 5.41) is 6.14. The van der Waals surface area contributed by atoms with Crippen molar-refractivity contribution in [2.75, 3.05) is 11.9 Å². The Balaban J connectivity index is 2.03. The monoisotopic (exact) mass is 263 g/mol. The molecule has 1 atom stereocenters. The molecule has 5 nitrogen and oxygen atoms in total. The molecule has 1 aromatic rings. The molecule has 1 aliphatic heterocycles. The van der Waals surface area contributed by atoms with Crippen LogP contribution in [-0.4, -0.2) is 23.1 Å². The van der Waals surface area contributed by atoms with E-state index < -0.39 is 0 Å². The van der Waals surface area contributed by atoms with Gasteiger partial charge in [-0.2, -0.15) is 0 Å². The zero-order valence-electron chi connectivity index (χ0n) is 11.3. The number of amides is 1. The lowest BCUT2D eigenvalue weighted by Crippen LogP contribution is -2.40. The average Bonchev–Trinajstić information content (AvgIpc) is 2.70. The Hall–Kier alpha value is -1.62. The van der Waals surface area contributed by atoms with Gasteiger partial charge >= 0.3 is 0 Å². The molecule has 1 amide bonds. The third kappa shape index (κ3) is 3.67. The van der Waals surface area contributed by atoms with E-state index in [-0.39, 0.29) is 17.5 Å². The molecule has 19 heavy (non-hydrogen) atoms. The normalized spacial score (nSPS) is 19.7. The Morgan fingerprint density at radius 1 is 1.42 bits per heavy atom. The molecule has 0 bridgehead atoms. The number of nitrogens with zero attached hydrogens (tertiary/aromatic N) is 1. The van der Waals surface area contributed by atoms with Gasteiger partial charge in [-0.3, -0.25) is 9.59 Å². The number of anilines is 1. The van der Waals surface area contributed by atoms with Gasteiger partial charge in [0.1, 0.15) is 0 Å². The van der Waals surface area contributed by atoms with Gasteiger partial charge < -0.3 is 15.2 Å². The highest BCUT2D eigenvalue weighted by Crippen LogP contribution is 2.11. The van der Waals surface area contributed by atoms with E-state index in [1.165, 1.54) is 12.5 Å². The van der Waals surface area contributed by atoms with Crippen LogP contribution in [0.5, 0.6) is 0 Å². The van der Waals surface area contributed by atoms with Crippen molar-refractivity contribution in [2.45, 2.75) is 45.2 Å². The second kappa shape index (κ2) is 6.52. The maximum Gasteiger partial charge on any atom is 0.250 e. The van der Waals surface area contributed by atoms with Crippen molar-refractivity contribution in [3.8, 4) is 0 Å². The molecule has 0 aromatic carbocycles. The maximum atomic E-state index is 12.1. The highest BCUT2D eigenvalue weighted by Gasteiger charge is 2.19. The third-order valence-electron chi connectivity index (χ3n) is 3.47. The minimum absolute atomic E-state index is 0.0109. The number of aromatic nitrogens is 1. The highest BCUT2D eigenvalue weighted by molar-refractivity contribution is 5.94. The SMILES string of the molecule is CCn1cc(NC(=O)C2CCCCCN2)ccc1=O. The zero-order chi connectivity index (χ0) is 13.7. The standard InChI is InChI=1S/C14H21N3O2/c1-2-17-10-11(7-8-13(17)18)16-14(19)12-6-4-3-5-9-15-12/h7-8,10,12,15H,2-6,9H2,1H3,(H,16,19). The van der Waals surface area contributed by atoms with Gasteiger partial charge in [-0.05, 0) is 32.4 Å². The Bertz CT molecular complexity index is 488. The first-order chi connectivity index (χ1) is 9.20. The van der Waals surface area contributed by atoms with Crippen molar-refractivity contribution in [3.63, 3.8) is 0 Å². The summed E-state index contributed by atoms with van der Waals surface area (Å²) in [6, 6.07) is 3.02. The van der Waals surface area contributed by atoms with E-state index >= 15 is 0 Å². The highest BCUT2D eigenvalue weighted by atomic mass is 16.2. The van der Waals surface area contributed by atoms with Crippen molar-refractivity contribution < 1.29 is 4.79 Å². The van der Waals surface area contributed by atoms with Gasteiger partial charge in [-0.15, -0.1) is 0 Å². The molecule has 2 rings (SSSR count). The predicted molar refractivity (Wildman–Crippen MR) is 75.3 cm³/mol. The van der Waals surface area contributed by atoms with Crippen molar-refractivity contribution in [1.29, 1.82) is 0 Å². The lowest BCUT2D eigenvalue weighted by atomic mass is 10.1. The minimum atomic E-state index is -0.121. The molecular weight excluding hydrogens is 242 g/mol. The van der Waals surface area contributed by atoms with E-state index in [0.717, 1.165) is 25.8 Å². The van der Waals surface area contributed by atoms with Gasteiger partial charge in [-0.1, -0.05) is 12.8 Å². The van der Waals surface area contributed by atoms with Crippen LogP contribution in [0.1, 0.15) is 32.6 Å². The Labute approximate surface area is 113 Å². The molecule has 1 aromatic heterocycles. The summed E-state index contributed by atoms with van der Waals surface area (Å²) in [6.07, 6.45) is 5.96. The topological polar surface area (TPSA) is 63.1 Å². The fourth-order valence-electron chi connectivity index (χ4n) is 2.33. The molecule has 2 N–H and O–H groups in total. The van der Waals surface area contributed by atoms with Crippen LogP contribution in [0.4, 0.5) is 5.69 Å². The smallest absolute Gasteiger partial charge is 0.250 e. The summed E-state index contributed by atoms with van der Waals surface area (Å²) in [5.41, 5.74) is 0.630. The number of nitrogens with one attached hydrogen (secondary N) is 2. The summed E-state index contributed by atoms with van der Waals surface area (Å²) >= 11 is 0. The zero-order valence-corrected chi connectivity index (χ0v) is 11.3. The molecule has 1 fully saturated rings. The number of hydrogen-bond donors (Lipinski definition) is 2. The van der Waals surface area contributed by atoms with Crippen LogP contribution in [0.25, 0.3) is 0 Å². The first-order valence-corrected chi connectivity index (χ1v) is 6.95. The van der Waals surface area contributed by atoms with Crippen LogP contribution >= 0.6 is 0 Å². The second-order valence-corrected chi connectivity index (χ2v) is 4.89. The van der Waals surface area contributed by atoms with Gasteiger partial charge in [0, 0.05) is 18.8 Å². The van der Waals surface area contributed by atoms with Gasteiger partial charge in [0.25, 0.3) is 5.56 Å². The number of hydrogen-bond acceptors (Lipinski definition) is 3. The fraction of sp³-hybridized carbons (Fsp3) is 0.571. The predicted octanol–water partition coefficient (Wildman–Crippen LogP) is 1.34. The van der Waals surface area contributed by atoms with Crippen LogP contribution in [0.3, 0.4) is 0 Å². The molecule has 5 heteroatoms. The van der Waals surface area contributed by atoms with Crippen molar-refractivity contribution in [1.82, 2.24) is 9.88 Å². The number of carbonyl (C=O) groups excluding carboxylic acids is 1. The minimum Gasteiger partial charge on any atom is -0.323 e. The van der Waals surface area contributed by atoms with E-state index in [1.54, 1.807) is 16.8 Å². The molecule has 0 aliphatic carbocycles. The van der Waals surface area contributed by atoms with Crippen molar-refractivity contribution in [3.05, 3.63) is 28.7 Å². The molecule has 104 valence electrons. The molecule has 1 saturated heterocycles. The van der Waals surface area contributed by atoms with Crippen molar-refractivity contribution in [2.24, 2.45) is 0 Å². The van der Waals surface area contributed by atoms with Crippen LogP contribution in [0.2, 0.25) is 0 Å². The Morgan fingerprint density at radius 3 is 3.05 bits per heavy atom. The molecule has 2 heterocycles. The molecular formula is C14H21N3O2. The van der Waals surface area contributed by atoms with Crippen LogP contribution in [0, 0.1) is 0 Å². The number of carbonyl (C=O) groups is 1. The first-order valence-electron chi connectivity index (χ1n) is 6.95. The third-order valence-corrected chi connectivity index (χ3v) is 3.47. The maximum absolute atomic E-state index is 12.1. The Morgan fingerprint density at radius 2 is 2.26 bits per heavy atom. The van der Waals surface area contributed by atoms with Crippen LogP contribution in [0.15, 0.2) is 23.1 Å². The molecule has 1 unspecified atom stereocenters. The summed E-state index contributed by atoms with van der Waals surface area (Å²) in [5.74, 6) is -0.0109. The summed E-state index contributed by atoms with van der Waals surface area (Å²) in [4.78, 5) is 23.6. The quantitative estimate of drug-likeness (QED) is 0.865. The lowest BCUT2D eigenvalue weighted by molar-refractivity contribution is -0.118. The van der Waals surface area contributed by atoms with E-state index in [1.807, 2.05) is 6.92 Å². The lowest BCUT2D eigenvalue weighted by Gasteiger charge is -2.16. The van der Waals surface area contributed by atoms with E-state index in [2.05, 4.69) is 10.6 Å². The molecule has 0 spiro atoms. The number of rotatable bonds is 3. The van der Waals surface area contributed by atoms with Crippen molar-refractivity contribution >= 4 is 11.6 Å².